The molecule has 0 bridgehead atoms. The van der Waals surface area contributed by atoms with Gasteiger partial charge >= 0.3 is 0 Å². The van der Waals surface area contributed by atoms with Crippen molar-refractivity contribution in [2.24, 2.45) is 5.14 Å². The first-order chi connectivity index (χ1) is 8.30. The summed E-state index contributed by atoms with van der Waals surface area (Å²) in [7, 11) is -3.84. The van der Waals surface area contributed by atoms with Gasteiger partial charge in [-0.05, 0) is 23.8 Å². The lowest BCUT2D eigenvalue weighted by atomic mass is 10.2. The number of halogens is 1. The molecule has 0 heterocycles. The molecule has 100 valence electrons. The summed E-state index contributed by atoms with van der Waals surface area (Å²) in [5.74, 6) is -0.501. The van der Waals surface area contributed by atoms with Crippen LogP contribution >= 0.6 is 0 Å². The maximum atomic E-state index is 13.1. The normalized spacial score (nSPS) is 12.5. The van der Waals surface area contributed by atoms with Gasteiger partial charge in [-0.15, -0.1) is 0 Å². The minimum absolute atomic E-state index is 0.0790. The number of nitrogens with one attached hydrogen (secondary N) is 1. The van der Waals surface area contributed by atoms with Crippen molar-refractivity contribution >= 4 is 16.1 Å². The molecule has 0 radical (unpaired) electrons. The quantitative estimate of drug-likeness (QED) is 0.853. The SMILES string of the molecule is CC(C)NC/C=C\c1cc(F)ccc1S(N)(=O)=O. The Morgan fingerprint density at radius 3 is 2.67 bits per heavy atom. The molecule has 3 N–H and O–H groups in total. The predicted octanol–water partition coefficient (Wildman–Crippen LogP) is 1.48. The van der Waals surface area contributed by atoms with Gasteiger partial charge in [-0.2, -0.15) is 0 Å². The van der Waals surface area contributed by atoms with E-state index in [-0.39, 0.29) is 10.5 Å². The highest BCUT2D eigenvalue weighted by molar-refractivity contribution is 7.89. The Labute approximate surface area is 107 Å². The van der Waals surface area contributed by atoms with E-state index in [9.17, 15) is 12.8 Å². The maximum absolute atomic E-state index is 13.1. The molecule has 1 aromatic rings. The molecule has 0 aromatic heterocycles. The van der Waals surface area contributed by atoms with Crippen molar-refractivity contribution in [2.75, 3.05) is 6.54 Å². The van der Waals surface area contributed by atoms with E-state index in [2.05, 4.69) is 5.32 Å². The standard InChI is InChI=1S/C12H17FN2O2S/c1-9(2)15-7-3-4-10-8-11(13)5-6-12(10)18(14,16)17/h3-6,8-9,15H,7H2,1-2H3,(H2,14,16,17)/b4-3-. The number of hydrogen-bond donors (Lipinski definition) is 2. The minimum atomic E-state index is -3.84. The number of hydrogen-bond acceptors (Lipinski definition) is 3. The first-order valence-electron chi connectivity index (χ1n) is 5.53. The molecular formula is C12H17FN2O2S. The highest BCUT2D eigenvalue weighted by Gasteiger charge is 2.12. The molecule has 4 nitrogen and oxygen atoms in total. The molecular weight excluding hydrogens is 255 g/mol. The van der Waals surface area contributed by atoms with E-state index in [4.69, 9.17) is 5.14 Å². The molecule has 1 aromatic carbocycles. The van der Waals surface area contributed by atoms with Gasteiger partial charge in [-0.25, -0.2) is 17.9 Å². The Kier molecular flexibility index (Phi) is 5.01. The monoisotopic (exact) mass is 272 g/mol. The number of rotatable bonds is 5. The Balaban J connectivity index is 2.97. The molecule has 6 heteroatoms. The first-order valence-corrected chi connectivity index (χ1v) is 7.07. The number of sulfonamides is 1. The molecule has 1 rings (SSSR count). The summed E-state index contributed by atoms with van der Waals surface area (Å²) in [6.07, 6.45) is 3.27. The fourth-order valence-corrected chi connectivity index (χ4v) is 2.11. The van der Waals surface area contributed by atoms with Gasteiger partial charge in [0.15, 0.2) is 0 Å². The number of benzene rings is 1. The molecule has 0 aliphatic rings. The molecule has 0 saturated carbocycles. The van der Waals surface area contributed by atoms with E-state index in [1.54, 1.807) is 6.08 Å². The first kappa shape index (κ1) is 14.8. The highest BCUT2D eigenvalue weighted by atomic mass is 32.2. The van der Waals surface area contributed by atoms with Gasteiger partial charge in [0.25, 0.3) is 0 Å². The van der Waals surface area contributed by atoms with E-state index in [0.717, 1.165) is 12.1 Å². The molecule has 0 fully saturated rings. The third kappa shape index (κ3) is 4.56. The summed E-state index contributed by atoms with van der Waals surface area (Å²) in [4.78, 5) is -0.0790. The van der Waals surface area contributed by atoms with Crippen molar-refractivity contribution < 1.29 is 12.8 Å². The van der Waals surface area contributed by atoms with Crippen LogP contribution < -0.4 is 10.5 Å². The molecule has 18 heavy (non-hydrogen) atoms. The van der Waals surface area contributed by atoms with Crippen LogP contribution in [0, 0.1) is 5.82 Å². The van der Waals surface area contributed by atoms with E-state index in [0.29, 0.717) is 12.6 Å². The third-order valence-electron chi connectivity index (χ3n) is 2.22. The molecule has 0 atom stereocenters. The summed E-state index contributed by atoms with van der Waals surface area (Å²) < 4.78 is 35.7. The zero-order valence-corrected chi connectivity index (χ0v) is 11.2. The Hall–Kier alpha value is -1.24. The van der Waals surface area contributed by atoms with Gasteiger partial charge in [0, 0.05) is 12.6 Å². The van der Waals surface area contributed by atoms with Crippen molar-refractivity contribution in [1.29, 1.82) is 0 Å². The van der Waals surface area contributed by atoms with Gasteiger partial charge < -0.3 is 5.32 Å². The largest absolute Gasteiger partial charge is 0.311 e. The second-order valence-electron chi connectivity index (χ2n) is 4.19. The number of nitrogens with two attached hydrogens (primary N) is 1. The van der Waals surface area contributed by atoms with E-state index >= 15 is 0 Å². The van der Waals surface area contributed by atoms with E-state index in [1.165, 1.54) is 12.1 Å². The van der Waals surface area contributed by atoms with Crippen LogP contribution in [0.15, 0.2) is 29.2 Å². The summed E-state index contributed by atoms with van der Waals surface area (Å²) in [5.41, 5.74) is 0.253. The van der Waals surface area contributed by atoms with Crippen molar-refractivity contribution in [3.8, 4) is 0 Å². The summed E-state index contributed by atoms with van der Waals surface area (Å²) >= 11 is 0. The van der Waals surface area contributed by atoms with Gasteiger partial charge in [0.05, 0.1) is 4.90 Å². The topological polar surface area (TPSA) is 72.2 Å². The Morgan fingerprint density at radius 1 is 1.44 bits per heavy atom. The predicted molar refractivity (Wildman–Crippen MR) is 69.9 cm³/mol. The fourth-order valence-electron chi connectivity index (χ4n) is 1.40. The second kappa shape index (κ2) is 6.08. The minimum Gasteiger partial charge on any atom is -0.311 e. The summed E-state index contributed by atoms with van der Waals surface area (Å²) in [5, 5.41) is 8.19. The van der Waals surface area contributed by atoms with Crippen LogP contribution in [0.25, 0.3) is 6.08 Å². The van der Waals surface area contributed by atoms with Crippen molar-refractivity contribution in [2.45, 2.75) is 24.8 Å². The summed E-state index contributed by atoms with van der Waals surface area (Å²) in [6, 6.07) is 3.70. The van der Waals surface area contributed by atoms with Crippen LogP contribution in [0.5, 0.6) is 0 Å². The van der Waals surface area contributed by atoms with Crippen molar-refractivity contribution in [3.63, 3.8) is 0 Å². The van der Waals surface area contributed by atoms with E-state index < -0.39 is 15.8 Å². The van der Waals surface area contributed by atoms with Gasteiger partial charge in [0.2, 0.25) is 10.0 Å². The van der Waals surface area contributed by atoms with Crippen molar-refractivity contribution in [1.82, 2.24) is 5.32 Å². The van der Waals surface area contributed by atoms with Crippen LogP contribution in [0.3, 0.4) is 0 Å². The van der Waals surface area contributed by atoms with Gasteiger partial charge in [0.1, 0.15) is 5.82 Å². The lowest BCUT2D eigenvalue weighted by Gasteiger charge is -2.05. The van der Waals surface area contributed by atoms with E-state index in [1.807, 2.05) is 13.8 Å². The van der Waals surface area contributed by atoms with Crippen LogP contribution in [0.2, 0.25) is 0 Å². The van der Waals surface area contributed by atoms with Crippen molar-refractivity contribution in [3.05, 3.63) is 35.7 Å². The van der Waals surface area contributed by atoms with Gasteiger partial charge in [-0.3, -0.25) is 0 Å². The van der Waals surface area contributed by atoms with Crippen LogP contribution in [0.4, 0.5) is 4.39 Å². The zero-order chi connectivity index (χ0) is 13.8. The lowest BCUT2D eigenvalue weighted by Crippen LogP contribution is -2.22. The van der Waals surface area contributed by atoms with Gasteiger partial charge in [-0.1, -0.05) is 26.0 Å². The average molecular weight is 272 g/mol. The zero-order valence-electron chi connectivity index (χ0n) is 10.4. The molecule has 0 spiro atoms. The van der Waals surface area contributed by atoms with Crippen LogP contribution in [-0.2, 0) is 10.0 Å². The Morgan fingerprint density at radius 2 is 2.11 bits per heavy atom. The van der Waals surface area contributed by atoms with Crippen LogP contribution in [-0.4, -0.2) is 21.0 Å². The Bertz CT molecular complexity index is 539. The second-order valence-corrected chi connectivity index (χ2v) is 5.72. The third-order valence-corrected chi connectivity index (χ3v) is 3.20. The highest BCUT2D eigenvalue weighted by Crippen LogP contribution is 2.17. The average Bonchev–Trinajstić information content (AvgIpc) is 2.22. The molecule has 0 unspecified atom stereocenters. The van der Waals surface area contributed by atoms with Crippen LogP contribution in [0.1, 0.15) is 19.4 Å². The fraction of sp³-hybridized carbons (Fsp3) is 0.333. The number of primary sulfonamides is 1. The molecule has 0 aliphatic heterocycles. The molecule has 0 amide bonds. The maximum Gasteiger partial charge on any atom is 0.238 e. The molecule has 0 saturated heterocycles. The lowest BCUT2D eigenvalue weighted by molar-refractivity contribution is 0.596. The molecule has 0 aliphatic carbocycles. The smallest absolute Gasteiger partial charge is 0.238 e. The summed E-state index contributed by atoms with van der Waals surface area (Å²) in [6.45, 7) is 4.55.